The lowest BCUT2D eigenvalue weighted by Gasteiger charge is -2.14. The second-order valence-corrected chi connectivity index (χ2v) is 7.44. The van der Waals surface area contributed by atoms with E-state index in [0.29, 0.717) is 12.1 Å². The lowest BCUT2D eigenvalue weighted by molar-refractivity contribution is 0.0948. The number of hydrogen-bond acceptors (Lipinski definition) is 4. The van der Waals surface area contributed by atoms with Crippen molar-refractivity contribution >= 4 is 17.7 Å². The van der Waals surface area contributed by atoms with E-state index in [4.69, 9.17) is 0 Å². The molecule has 1 N–H and O–H groups in total. The Labute approximate surface area is 154 Å². The zero-order valence-corrected chi connectivity index (χ0v) is 15.5. The molecule has 2 heterocycles. The second-order valence-electron chi connectivity index (χ2n) is 6.38. The number of aryl methyl sites for hydroxylation is 1. The first-order valence-corrected chi connectivity index (χ1v) is 9.75. The summed E-state index contributed by atoms with van der Waals surface area (Å²) < 4.78 is 0. The number of carbonyl (C=O) groups is 1. The second kappa shape index (κ2) is 9.02. The van der Waals surface area contributed by atoms with Crippen molar-refractivity contribution in [2.45, 2.75) is 36.1 Å². The van der Waals surface area contributed by atoms with Crippen molar-refractivity contribution in [1.29, 1.82) is 0 Å². The van der Waals surface area contributed by atoms with Crippen LogP contribution in [0.4, 0.5) is 0 Å². The van der Waals surface area contributed by atoms with E-state index in [-0.39, 0.29) is 5.91 Å². The average molecular weight is 356 g/mol. The number of likely N-dealkylation sites (tertiary alicyclic amines) is 1. The third-order valence-electron chi connectivity index (χ3n) is 4.34. The van der Waals surface area contributed by atoms with Gasteiger partial charge in [0.1, 0.15) is 5.03 Å². The maximum absolute atomic E-state index is 12.6. The fourth-order valence-electron chi connectivity index (χ4n) is 2.99. The molecule has 4 nitrogen and oxygen atoms in total. The molecule has 0 radical (unpaired) electrons. The molecule has 1 aromatic carbocycles. The molecule has 0 atom stereocenters. The molecule has 1 fully saturated rings. The minimum Gasteiger partial charge on any atom is -0.352 e. The first-order chi connectivity index (χ1) is 12.2. The Morgan fingerprint density at radius 2 is 1.92 bits per heavy atom. The van der Waals surface area contributed by atoms with Gasteiger partial charge in [0.25, 0.3) is 5.91 Å². The molecule has 2 aromatic rings. The molecule has 1 aliphatic rings. The number of carbonyl (C=O) groups excluding carboxylic acids is 1. The van der Waals surface area contributed by atoms with Gasteiger partial charge in [-0.25, -0.2) is 4.98 Å². The number of aromatic nitrogens is 1. The molecule has 0 spiro atoms. The number of hydrogen-bond donors (Lipinski definition) is 1. The van der Waals surface area contributed by atoms with Gasteiger partial charge >= 0.3 is 0 Å². The minimum absolute atomic E-state index is 0.0349. The Balaban J connectivity index is 1.59. The van der Waals surface area contributed by atoms with Crippen LogP contribution in [0.3, 0.4) is 0 Å². The summed E-state index contributed by atoms with van der Waals surface area (Å²) >= 11 is 1.54. The molecule has 1 aliphatic heterocycles. The SMILES string of the molecule is Cc1ccc(C(=O)NCCCN2CCCC2)c(Sc2ccccc2)n1. The first kappa shape index (κ1) is 18.0. The molecule has 0 bridgehead atoms. The number of pyridine rings is 1. The van der Waals surface area contributed by atoms with Crippen LogP contribution >= 0.6 is 11.8 Å². The van der Waals surface area contributed by atoms with E-state index in [9.17, 15) is 4.79 Å². The van der Waals surface area contributed by atoms with Crippen LogP contribution in [0.5, 0.6) is 0 Å². The molecule has 1 amide bonds. The number of rotatable bonds is 7. The van der Waals surface area contributed by atoms with Gasteiger partial charge < -0.3 is 10.2 Å². The molecule has 5 heteroatoms. The van der Waals surface area contributed by atoms with E-state index in [1.54, 1.807) is 0 Å². The fourth-order valence-corrected chi connectivity index (χ4v) is 3.97. The number of nitrogens with zero attached hydrogens (tertiary/aromatic N) is 2. The van der Waals surface area contributed by atoms with Crippen molar-refractivity contribution in [2.24, 2.45) is 0 Å². The summed E-state index contributed by atoms with van der Waals surface area (Å²) in [5, 5.41) is 3.82. The van der Waals surface area contributed by atoms with Crippen molar-refractivity contribution in [2.75, 3.05) is 26.2 Å². The zero-order valence-electron chi connectivity index (χ0n) is 14.7. The van der Waals surface area contributed by atoms with Gasteiger partial charge in [-0.2, -0.15) is 0 Å². The third-order valence-corrected chi connectivity index (χ3v) is 5.35. The molecular formula is C20H25N3OS. The molecule has 3 rings (SSSR count). The van der Waals surface area contributed by atoms with Crippen LogP contribution in [0.15, 0.2) is 52.4 Å². The largest absolute Gasteiger partial charge is 0.352 e. The maximum atomic E-state index is 12.6. The highest BCUT2D eigenvalue weighted by Gasteiger charge is 2.15. The summed E-state index contributed by atoms with van der Waals surface area (Å²) in [6, 6.07) is 13.8. The maximum Gasteiger partial charge on any atom is 0.254 e. The van der Waals surface area contributed by atoms with Gasteiger partial charge in [0.2, 0.25) is 0 Å². The Kier molecular flexibility index (Phi) is 6.48. The van der Waals surface area contributed by atoms with Crippen molar-refractivity contribution < 1.29 is 4.79 Å². The van der Waals surface area contributed by atoms with E-state index in [1.807, 2.05) is 49.4 Å². The smallest absolute Gasteiger partial charge is 0.254 e. The number of nitrogens with one attached hydrogen (secondary N) is 1. The predicted molar refractivity (Wildman–Crippen MR) is 102 cm³/mol. The van der Waals surface area contributed by atoms with Crippen LogP contribution in [0.25, 0.3) is 0 Å². The first-order valence-electron chi connectivity index (χ1n) is 8.93. The Morgan fingerprint density at radius 3 is 2.68 bits per heavy atom. The van der Waals surface area contributed by atoms with Gasteiger partial charge in [-0.1, -0.05) is 30.0 Å². The van der Waals surface area contributed by atoms with Gasteiger partial charge in [0.15, 0.2) is 0 Å². The quantitative estimate of drug-likeness (QED) is 0.768. The standard InChI is InChI=1S/C20H25N3OS/c1-16-10-11-18(20(22-16)25-17-8-3-2-4-9-17)19(24)21-12-7-15-23-13-5-6-14-23/h2-4,8-11H,5-7,12-15H2,1H3,(H,21,24). The lowest BCUT2D eigenvalue weighted by Crippen LogP contribution is -2.29. The van der Waals surface area contributed by atoms with Crippen LogP contribution in [-0.4, -0.2) is 42.0 Å². The Hall–Kier alpha value is -1.85. The molecule has 0 saturated carbocycles. The molecule has 1 saturated heterocycles. The van der Waals surface area contributed by atoms with Gasteiger partial charge in [-0.15, -0.1) is 0 Å². The Bertz CT molecular complexity index is 699. The zero-order chi connectivity index (χ0) is 17.5. The normalized spacial score (nSPS) is 14.6. The highest BCUT2D eigenvalue weighted by atomic mass is 32.2. The molecule has 0 aliphatic carbocycles. The van der Waals surface area contributed by atoms with Crippen molar-refractivity contribution in [3.8, 4) is 0 Å². The Morgan fingerprint density at radius 1 is 1.16 bits per heavy atom. The molecule has 1 aromatic heterocycles. The summed E-state index contributed by atoms with van der Waals surface area (Å²) in [6.45, 7) is 6.13. The average Bonchev–Trinajstić information content (AvgIpc) is 3.13. The molecular weight excluding hydrogens is 330 g/mol. The van der Waals surface area contributed by atoms with Crippen LogP contribution in [-0.2, 0) is 0 Å². The topological polar surface area (TPSA) is 45.2 Å². The molecule has 132 valence electrons. The van der Waals surface area contributed by atoms with E-state index < -0.39 is 0 Å². The highest BCUT2D eigenvalue weighted by Crippen LogP contribution is 2.28. The predicted octanol–water partition coefficient (Wildman–Crippen LogP) is 3.76. The monoisotopic (exact) mass is 355 g/mol. The fraction of sp³-hybridized carbons (Fsp3) is 0.400. The van der Waals surface area contributed by atoms with Gasteiger partial charge in [0, 0.05) is 17.1 Å². The van der Waals surface area contributed by atoms with E-state index >= 15 is 0 Å². The summed E-state index contributed by atoms with van der Waals surface area (Å²) in [4.78, 5) is 20.7. The van der Waals surface area contributed by atoms with Crippen molar-refractivity contribution in [3.63, 3.8) is 0 Å². The van der Waals surface area contributed by atoms with Gasteiger partial charge in [-0.05, 0) is 70.1 Å². The summed E-state index contributed by atoms with van der Waals surface area (Å²) in [6.07, 6.45) is 3.61. The molecule has 0 unspecified atom stereocenters. The van der Waals surface area contributed by atoms with Crippen LogP contribution in [0, 0.1) is 6.92 Å². The van der Waals surface area contributed by atoms with Crippen molar-refractivity contribution in [1.82, 2.24) is 15.2 Å². The molecule has 25 heavy (non-hydrogen) atoms. The third kappa shape index (κ3) is 5.31. The summed E-state index contributed by atoms with van der Waals surface area (Å²) in [7, 11) is 0. The van der Waals surface area contributed by atoms with Crippen LogP contribution < -0.4 is 5.32 Å². The lowest BCUT2D eigenvalue weighted by atomic mass is 10.2. The van der Waals surface area contributed by atoms with Crippen LogP contribution in [0.1, 0.15) is 35.3 Å². The minimum atomic E-state index is -0.0349. The van der Waals surface area contributed by atoms with Gasteiger partial charge in [-0.3, -0.25) is 4.79 Å². The van der Waals surface area contributed by atoms with Gasteiger partial charge in [0.05, 0.1) is 5.56 Å². The number of amides is 1. The van der Waals surface area contributed by atoms with E-state index in [2.05, 4.69) is 15.2 Å². The summed E-state index contributed by atoms with van der Waals surface area (Å²) in [5.74, 6) is -0.0349. The van der Waals surface area contributed by atoms with E-state index in [0.717, 1.165) is 28.6 Å². The van der Waals surface area contributed by atoms with Crippen LogP contribution in [0.2, 0.25) is 0 Å². The van der Waals surface area contributed by atoms with Crippen molar-refractivity contribution in [3.05, 3.63) is 53.7 Å². The van der Waals surface area contributed by atoms with E-state index in [1.165, 1.54) is 37.7 Å². The highest BCUT2D eigenvalue weighted by molar-refractivity contribution is 7.99. The number of benzene rings is 1. The summed E-state index contributed by atoms with van der Waals surface area (Å²) in [5.41, 5.74) is 1.57.